The highest BCUT2D eigenvalue weighted by atomic mass is 32.1. The molecule has 0 saturated carbocycles. The SMILES string of the molecule is COc1ncnc2c1CCN(C(=O)c1csnn1)CC2. The highest BCUT2D eigenvalue weighted by molar-refractivity contribution is 7.03. The largest absolute Gasteiger partial charge is 0.481 e. The lowest BCUT2D eigenvalue weighted by Gasteiger charge is -2.18. The molecule has 1 amide bonds. The van der Waals surface area contributed by atoms with Crippen molar-refractivity contribution in [3.63, 3.8) is 0 Å². The summed E-state index contributed by atoms with van der Waals surface area (Å²) in [7, 11) is 1.59. The van der Waals surface area contributed by atoms with Crippen LogP contribution in [0.4, 0.5) is 0 Å². The molecule has 0 aliphatic carbocycles. The van der Waals surface area contributed by atoms with Gasteiger partial charge in [0.25, 0.3) is 5.91 Å². The molecule has 0 spiro atoms. The summed E-state index contributed by atoms with van der Waals surface area (Å²) in [4.78, 5) is 22.5. The summed E-state index contributed by atoms with van der Waals surface area (Å²) in [6.45, 7) is 1.22. The molecule has 3 heterocycles. The monoisotopic (exact) mass is 291 g/mol. The highest BCUT2D eigenvalue weighted by Gasteiger charge is 2.24. The number of rotatable bonds is 2. The predicted octanol–water partition coefficient (Wildman–Crippen LogP) is 0.578. The van der Waals surface area contributed by atoms with Gasteiger partial charge in [0.1, 0.15) is 6.33 Å². The minimum Gasteiger partial charge on any atom is -0.481 e. The van der Waals surface area contributed by atoms with Gasteiger partial charge < -0.3 is 9.64 Å². The normalized spacial score (nSPS) is 14.6. The number of methoxy groups -OCH3 is 1. The number of carbonyl (C=O) groups excluding carboxylic acids is 1. The fourth-order valence-electron chi connectivity index (χ4n) is 2.30. The van der Waals surface area contributed by atoms with E-state index in [1.54, 1.807) is 17.4 Å². The van der Waals surface area contributed by atoms with Crippen LogP contribution in [0.15, 0.2) is 11.7 Å². The molecule has 7 nitrogen and oxygen atoms in total. The Morgan fingerprint density at radius 2 is 2.20 bits per heavy atom. The molecular formula is C12H13N5O2S. The fourth-order valence-corrected chi connectivity index (χ4v) is 2.73. The molecule has 1 aliphatic heterocycles. The Balaban J connectivity index is 1.81. The van der Waals surface area contributed by atoms with E-state index in [0.29, 0.717) is 37.5 Å². The van der Waals surface area contributed by atoms with Crippen molar-refractivity contribution in [3.05, 3.63) is 28.7 Å². The van der Waals surface area contributed by atoms with Gasteiger partial charge in [0.15, 0.2) is 5.69 Å². The molecule has 2 aromatic rings. The van der Waals surface area contributed by atoms with Crippen LogP contribution in [0.2, 0.25) is 0 Å². The van der Waals surface area contributed by atoms with Crippen molar-refractivity contribution in [1.82, 2.24) is 24.5 Å². The number of ether oxygens (including phenoxy) is 1. The molecule has 0 radical (unpaired) electrons. The first-order valence-electron chi connectivity index (χ1n) is 6.22. The third-order valence-corrected chi connectivity index (χ3v) is 3.81. The predicted molar refractivity (Wildman–Crippen MR) is 71.8 cm³/mol. The molecule has 20 heavy (non-hydrogen) atoms. The smallest absolute Gasteiger partial charge is 0.275 e. The molecule has 0 fully saturated rings. The van der Waals surface area contributed by atoms with Crippen molar-refractivity contribution in [2.24, 2.45) is 0 Å². The molecule has 0 unspecified atom stereocenters. The summed E-state index contributed by atoms with van der Waals surface area (Å²) >= 11 is 1.18. The van der Waals surface area contributed by atoms with Crippen LogP contribution in [0.1, 0.15) is 21.7 Å². The van der Waals surface area contributed by atoms with Gasteiger partial charge in [-0.05, 0) is 18.0 Å². The van der Waals surface area contributed by atoms with E-state index in [1.807, 2.05) is 0 Å². The molecule has 0 aromatic carbocycles. The first-order chi connectivity index (χ1) is 9.79. The van der Waals surface area contributed by atoms with Crippen molar-refractivity contribution in [2.45, 2.75) is 12.8 Å². The van der Waals surface area contributed by atoms with Crippen LogP contribution in [0.3, 0.4) is 0 Å². The van der Waals surface area contributed by atoms with E-state index in [0.717, 1.165) is 11.3 Å². The molecule has 3 rings (SSSR count). The zero-order chi connectivity index (χ0) is 13.9. The van der Waals surface area contributed by atoms with Crippen LogP contribution in [0.5, 0.6) is 5.88 Å². The maximum Gasteiger partial charge on any atom is 0.275 e. The van der Waals surface area contributed by atoms with Crippen molar-refractivity contribution in [2.75, 3.05) is 20.2 Å². The topological polar surface area (TPSA) is 81.1 Å². The molecule has 2 aromatic heterocycles. The van der Waals surface area contributed by atoms with Gasteiger partial charge in [-0.3, -0.25) is 4.79 Å². The Kier molecular flexibility index (Phi) is 3.55. The maximum absolute atomic E-state index is 12.3. The van der Waals surface area contributed by atoms with Crippen molar-refractivity contribution < 1.29 is 9.53 Å². The van der Waals surface area contributed by atoms with Gasteiger partial charge in [-0.1, -0.05) is 4.49 Å². The minimum atomic E-state index is -0.0847. The summed E-state index contributed by atoms with van der Waals surface area (Å²) in [5.41, 5.74) is 2.34. The average molecular weight is 291 g/mol. The van der Waals surface area contributed by atoms with Crippen LogP contribution in [0, 0.1) is 0 Å². The second-order valence-corrected chi connectivity index (χ2v) is 5.00. The van der Waals surface area contributed by atoms with Crippen molar-refractivity contribution in [1.29, 1.82) is 0 Å². The van der Waals surface area contributed by atoms with E-state index in [9.17, 15) is 4.79 Å². The van der Waals surface area contributed by atoms with E-state index in [-0.39, 0.29) is 5.91 Å². The molecule has 104 valence electrons. The van der Waals surface area contributed by atoms with Gasteiger partial charge in [0, 0.05) is 30.5 Å². The van der Waals surface area contributed by atoms with Gasteiger partial charge in [-0.25, -0.2) is 9.97 Å². The Labute approximate surface area is 119 Å². The first kappa shape index (κ1) is 12.9. The third kappa shape index (κ3) is 2.34. The number of carbonyl (C=O) groups is 1. The second-order valence-electron chi connectivity index (χ2n) is 4.39. The summed E-state index contributed by atoms with van der Waals surface area (Å²) in [6.07, 6.45) is 2.87. The van der Waals surface area contributed by atoms with E-state index in [2.05, 4.69) is 19.6 Å². The van der Waals surface area contributed by atoms with Crippen LogP contribution in [-0.4, -0.2) is 50.6 Å². The number of aromatic nitrogens is 4. The summed E-state index contributed by atoms with van der Waals surface area (Å²) < 4.78 is 8.99. The molecule has 0 bridgehead atoms. The Bertz CT molecular complexity index is 616. The van der Waals surface area contributed by atoms with Gasteiger partial charge in [-0.15, -0.1) is 5.10 Å². The lowest BCUT2D eigenvalue weighted by molar-refractivity contribution is 0.0757. The summed E-state index contributed by atoms with van der Waals surface area (Å²) in [6, 6.07) is 0. The average Bonchev–Trinajstić information content (AvgIpc) is 2.92. The van der Waals surface area contributed by atoms with E-state index >= 15 is 0 Å². The van der Waals surface area contributed by atoms with Crippen LogP contribution in [0.25, 0.3) is 0 Å². The van der Waals surface area contributed by atoms with Gasteiger partial charge in [0.05, 0.1) is 12.8 Å². The maximum atomic E-state index is 12.3. The standard InChI is InChI=1S/C12H13N5O2S/c1-19-11-8-2-4-17(5-3-9(8)13-7-14-11)12(18)10-6-20-16-15-10/h6-7H,2-5H2,1H3. The quantitative estimate of drug-likeness (QED) is 0.805. The third-order valence-electron chi connectivity index (χ3n) is 3.31. The number of hydrogen-bond acceptors (Lipinski definition) is 7. The summed E-state index contributed by atoms with van der Waals surface area (Å²) in [5.74, 6) is 0.512. The zero-order valence-corrected chi connectivity index (χ0v) is 11.8. The van der Waals surface area contributed by atoms with E-state index < -0.39 is 0 Å². The molecule has 0 N–H and O–H groups in total. The van der Waals surface area contributed by atoms with Gasteiger partial charge in [-0.2, -0.15) is 0 Å². The van der Waals surface area contributed by atoms with Gasteiger partial charge in [0.2, 0.25) is 5.88 Å². The Morgan fingerprint density at radius 3 is 2.95 bits per heavy atom. The minimum absolute atomic E-state index is 0.0847. The first-order valence-corrected chi connectivity index (χ1v) is 7.06. The van der Waals surface area contributed by atoms with E-state index in [4.69, 9.17) is 4.74 Å². The molecule has 8 heteroatoms. The number of hydrogen-bond donors (Lipinski definition) is 0. The number of nitrogens with zero attached hydrogens (tertiary/aromatic N) is 5. The Hall–Kier alpha value is -2.09. The van der Waals surface area contributed by atoms with Crippen LogP contribution >= 0.6 is 11.5 Å². The molecule has 0 saturated heterocycles. The number of amides is 1. The van der Waals surface area contributed by atoms with Crippen LogP contribution < -0.4 is 4.74 Å². The Morgan fingerprint density at radius 1 is 1.35 bits per heavy atom. The molecule has 1 aliphatic rings. The number of fused-ring (bicyclic) bond motifs is 1. The molecular weight excluding hydrogens is 278 g/mol. The summed E-state index contributed by atoms with van der Waals surface area (Å²) in [5, 5.41) is 5.50. The van der Waals surface area contributed by atoms with Gasteiger partial charge >= 0.3 is 0 Å². The van der Waals surface area contributed by atoms with Crippen LogP contribution in [-0.2, 0) is 12.8 Å². The van der Waals surface area contributed by atoms with Crippen molar-refractivity contribution in [3.8, 4) is 5.88 Å². The highest BCUT2D eigenvalue weighted by Crippen LogP contribution is 2.22. The molecule has 0 atom stereocenters. The van der Waals surface area contributed by atoms with Crippen molar-refractivity contribution >= 4 is 17.4 Å². The van der Waals surface area contributed by atoms with E-state index in [1.165, 1.54) is 17.9 Å². The lowest BCUT2D eigenvalue weighted by Crippen LogP contribution is -2.33. The zero-order valence-electron chi connectivity index (χ0n) is 10.9. The lowest BCUT2D eigenvalue weighted by atomic mass is 10.1. The second kappa shape index (κ2) is 5.49. The fraction of sp³-hybridized carbons (Fsp3) is 0.417.